The first-order chi connectivity index (χ1) is 7.49. The lowest BCUT2D eigenvalue weighted by molar-refractivity contribution is -0.158. The molecule has 0 aliphatic heterocycles. The largest absolute Gasteiger partial charge is 0.458 e. The molecule has 4 heteroatoms. The van der Waals surface area contributed by atoms with Crippen LogP contribution in [0, 0.1) is 5.41 Å². The van der Waals surface area contributed by atoms with Crippen molar-refractivity contribution in [1.29, 1.82) is 0 Å². The van der Waals surface area contributed by atoms with Crippen LogP contribution in [-0.4, -0.2) is 23.5 Å². The predicted molar refractivity (Wildman–Crippen MR) is 67.5 cm³/mol. The van der Waals surface area contributed by atoms with Crippen LogP contribution in [0.25, 0.3) is 0 Å². The maximum atomic E-state index is 11.9. The molecular weight excluding hydrogens is 218 g/mol. The molecule has 0 saturated carbocycles. The zero-order valence-corrected chi connectivity index (χ0v) is 12.0. The molecule has 0 heterocycles. The molecule has 0 aromatic rings. The third kappa shape index (κ3) is 5.71. The number of nitrogens with one attached hydrogen (secondary N) is 1. The Morgan fingerprint density at radius 3 is 2.00 bits per heavy atom. The number of rotatable bonds is 4. The van der Waals surface area contributed by atoms with Crippen LogP contribution in [0.3, 0.4) is 0 Å². The highest BCUT2D eigenvalue weighted by Gasteiger charge is 2.29. The number of amides is 1. The zero-order valence-electron chi connectivity index (χ0n) is 12.0. The van der Waals surface area contributed by atoms with Crippen LogP contribution < -0.4 is 5.32 Å². The summed E-state index contributed by atoms with van der Waals surface area (Å²) in [6, 6.07) is -0.618. The summed E-state index contributed by atoms with van der Waals surface area (Å²) in [5.74, 6) is -0.531. The van der Waals surface area contributed by atoms with Gasteiger partial charge in [0.05, 0.1) is 0 Å². The number of carbonyl (C=O) groups is 2. The van der Waals surface area contributed by atoms with E-state index in [1.165, 1.54) is 0 Å². The van der Waals surface area contributed by atoms with Crippen molar-refractivity contribution < 1.29 is 14.3 Å². The first kappa shape index (κ1) is 15.9. The molecule has 0 aromatic carbocycles. The SMILES string of the molecule is CCC(C)(C)C(=O)N[C@H](C)C(=O)OC(C)(C)C. The number of carbonyl (C=O) groups excluding carboxylic acids is 2. The second kappa shape index (κ2) is 5.52. The van der Waals surface area contributed by atoms with Crippen molar-refractivity contribution in [3.63, 3.8) is 0 Å². The summed E-state index contributed by atoms with van der Waals surface area (Å²) in [6.45, 7) is 12.7. The van der Waals surface area contributed by atoms with Gasteiger partial charge >= 0.3 is 5.97 Å². The number of hydrogen-bond acceptors (Lipinski definition) is 3. The van der Waals surface area contributed by atoms with Gasteiger partial charge in [0.1, 0.15) is 11.6 Å². The lowest BCUT2D eigenvalue weighted by Gasteiger charge is -2.26. The van der Waals surface area contributed by atoms with Crippen molar-refractivity contribution in [3.8, 4) is 0 Å². The highest BCUT2D eigenvalue weighted by molar-refractivity contribution is 5.87. The quantitative estimate of drug-likeness (QED) is 0.771. The van der Waals surface area contributed by atoms with Crippen molar-refractivity contribution >= 4 is 11.9 Å². The second-order valence-corrected chi connectivity index (χ2v) is 5.97. The van der Waals surface area contributed by atoms with E-state index < -0.39 is 23.0 Å². The average Bonchev–Trinajstić information content (AvgIpc) is 2.14. The van der Waals surface area contributed by atoms with Gasteiger partial charge in [-0.3, -0.25) is 4.79 Å². The number of ether oxygens (including phenoxy) is 1. The van der Waals surface area contributed by atoms with E-state index in [1.807, 2.05) is 20.8 Å². The molecule has 0 bridgehead atoms. The van der Waals surface area contributed by atoms with E-state index in [1.54, 1.807) is 27.7 Å². The lowest BCUT2D eigenvalue weighted by atomic mass is 9.89. The van der Waals surface area contributed by atoms with Gasteiger partial charge in [-0.1, -0.05) is 20.8 Å². The summed E-state index contributed by atoms with van der Waals surface area (Å²) in [6.07, 6.45) is 0.722. The summed E-state index contributed by atoms with van der Waals surface area (Å²) >= 11 is 0. The van der Waals surface area contributed by atoms with Crippen LogP contribution in [0.2, 0.25) is 0 Å². The van der Waals surface area contributed by atoms with E-state index in [0.29, 0.717) is 0 Å². The second-order valence-electron chi connectivity index (χ2n) is 5.97. The minimum Gasteiger partial charge on any atom is -0.458 e. The fraction of sp³-hybridized carbons (Fsp3) is 0.846. The molecule has 17 heavy (non-hydrogen) atoms. The predicted octanol–water partition coefficient (Wildman–Crippen LogP) is 2.27. The van der Waals surface area contributed by atoms with Gasteiger partial charge in [-0.25, -0.2) is 4.79 Å². The van der Waals surface area contributed by atoms with Crippen molar-refractivity contribution in [1.82, 2.24) is 5.32 Å². The minimum absolute atomic E-state index is 0.127. The minimum atomic E-state index is -0.618. The van der Waals surface area contributed by atoms with Crippen LogP contribution in [-0.2, 0) is 14.3 Å². The molecule has 0 aliphatic carbocycles. The van der Waals surface area contributed by atoms with E-state index in [2.05, 4.69) is 5.32 Å². The Kier molecular flexibility index (Phi) is 5.17. The van der Waals surface area contributed by atoms with E-state index in [0.717, 1.165) is 6.42 Å². The molecule has 0 rings (SSSR count). The molecule has 0 saturated heterocycles. The molecule has 100 valence electrons. The van der Waals surface area contributed by atoms with E-state index >= 15 is 0 Å². The highest BCUT2D eigenvalue weighted by Crippen LogP contribution is 2.19. The summed E-state index contributed by atoms with van der Waals surface area (Å²) in [4.78, 5) is 23.5. The Balaban J connectivity index is 4.41. The summed E-state index contributed by atoms with van der Waals surface area (Å²) in [7, 11) is 0. The first-order valence-electron chi connectivity index (χ1n) is 6.03. The fourth-order valence-corrected chi connectivity index (χ4v) is 1.00. The van der Waals surface area contributed by atoms with Gasteiger partial charge < -0.3 is 10.1 Å². The molecule has 0 radical (unpaired) electrons. The van der Waals surface area contributed by atoms with Crippen LogP contribution in [0.1, 0.15) is 54.9 Å². The monoisotopic (exact) mass is 243 g/mol. The highest BCUT2D eigenvalue weighted by atomic mass is 16.6. The van der Waals surface area contributed by atoms with Crippen molar-refractivity contribution in [3.05, 3.63) is 0 Å². The van der Waals surface area contributed by atoms with Crippen LogP contribution in [0.4, 0.5) is 0 Å². The lowest BCUT2D eigenvalue weighted by Crippen LogP contribution is -2.46. The van der Waals surface area contributed by atoms with Crippen molar-refractivity contribution in [2.24, 2.45) is 5.41 Å². The Bertz CT molecular complexity index is 290. The Morgan fingerprint density at radius 1 is 1.18 bits per heavy atom. The Morgan fingerprint density at radius 2 is 1.65 bits per heavy atom. The topological polar surface area (TPSA) is 55.4 Å². The van der Waals surface area contributed by atoms with Gasteiger partial charge in [-0.2, -0.15) is 0 Å². The van der Waals surface area contributed by atoms with E-state index in [-0.39, 0.29) is 5.91 Å². The number of esters is 1. The van der Waals surface area contributed by atoms with Gasteiger partial charge in [0.15, 0.2) is 0 Å². The van der Waals surface area contributed by atoms with Crippen LogP contribution in [0.15, 0.2) is 0 Å². The first-order valence-corrected chi connectivity index (χ1v) is 6.03. The molecule has 0 aromatic heterocycles. The number of hydrogen-bond donors (Lipinski definition) is 1. The van der Waals surface area contributed by atoms with E-state index in [9.17, 15) is 9.59 Å². The normalized spacial score (nSPS) is 14.1. The molecule has 1 amide bonds. The van der Waals surface area contributed by atoms with Crippen molar-refractivity contribution in [2.45, 2.75) is 66.5 Å². The maximum absolute atomic E-state index is 11.9. The molecule has 0 unspecified atom stereocenters. The zero-order chi connectivity index (χ0) is 13.9. The third-order valence-corrected chi connectivity index (χ3v) is 2.61. The van der Waals surface area contributed by atoms with Crippen LogP contribution >= 0.6 is 0 Å². The van der Waals surface area contributed by atoms with Gasteiger partial charge in [-0.15, -0.1) is 0 Å². The fourth-order valence-electron chi connectivity index (χ4n) is 1.00. The maximum Gasteiger partial charge on any atom is 0.328 e. The molecule has 0 spiro atoms. The molecule has 0 aliphatic rings. The van der Waals surface area contributed by atoms with Gasteiger partial charge in [0, 0.05) is 5.41 Å². The molecule has 1 atom stereocenters. The molecule has 4 nitrogen and oxygen atoms in total. The summed E-state index contributed by atoms with van der Waals surface area (Å²) < 4.78 is 5.19. The third-order valence-electron chi connectivity index (χ3n) is 2.61. The smallest absolute Gasteiger partial charge is 0.328 e. The van der Waals surface area contributed by atoms with Crippen LogP contribution in [0.5, 0.6) is 0 Å². The van der Waals surface area contributed by atoms with E-state index in [4.69, 9.17) is 4.74 Å². The molecule has 0 fully saturated rings. The van der Waals surface area contributed by atoms with Crippen molar-refractivity contribution in [2.75, 3.05) is 0 Å². The summed E-state index contributed by atoms with van der Waals surface area (Å²) in [5.41, 5.74) is -0.993. The molecule has 1 N–H and O–H groups in total. The average molecular weight is 243 g/mol. The Labute approximate surface area is 104 Å². The Hall–Kier alpha value is -1.06. The van der Waals surface area contributed by atoms with Gasteiger partial charge in [0.25, 0.3) is 0 Å². The van der Waals surface area contributed by atoms with Gasteiger partial charge in [0.2, 0.25) is 5.91 Å². The van der Waals surface area contributed by atoms with Gasteiger partial charge in [-0.05, 0) is 34.1 Å². The molecular formula is C13H25NO3. The summed E-state index contributed by atoms with van der Waals surface area (Å²) in [5, 5.41) is 2.68. The standard InChI is InChI=1S/C13H25NO3/c1-8-13(6,7)11(16)14-9(2)10(15)17-12(3,4)5/h9H,8H2,1-7H3,(H,14,16)/t9-/m1/s1.